The Hall–Kier alpha value is -1.78. The third-order valence-corrected chi connectivity index (χ3v) is 3.61. The average molecular weight is 255 g/mol. The van der Waals surface area contributed by atoms with E-state index in [1.165, 1.54) is 16.3 Å². The highest BCUT2D eigenvalue weighted by Gasteiger charge is 2.01. The van der Waals surface area contributed by atoms with Crippen molar-refractivity contribution in [1.82, 2.24) is 15.3 Å². The molecule has 0 bridgehead atoms. The first-order valence-electron chi connectivity index (χ1n) is 5.84. The second-order valence-corrected chi connectivity index (χ2v) is 5.03. The van der Waals surface area contributed by atoms with E-state index in [9.17, 15) is 0 Å². The van der Waals surface area contributed by atoms with Crippen LogP contribution in [0.25, 0.3) is 10.8 Å². The number of thiazole rings is 1. The highest BCUT2D eigenvalue weighted by atomic mass is 32.1. The molecule has 0 saturated heterocycles. The predicted octanol–water partition coefficient (Wildman–Crippen LogP) is 2.98. The van der Waals surface area contributed by atoms with Crippen LogP contribution in [0.2, 0.25) is 0 Å². The fraction of sp³-hybridized carbons (Fsp3) is 0.143. The molecule has 0 aliphatic heterocycles. The topological polar surface area (TPSA) is 37.8 Å². The molecule has 0 unspecified atom stereocenters. The summed E-state index contributed by atoms with van der Waals surface area (Å²) in [5.74, 6) is 0. The minimum atomic E-state index is 0.806. The van der Waals surface area contributed by atoms with Gasteiger partial charge in [-0.05, 0) is 10.9 Å². The summed E-state index contributed by atoms with van der Waals surface area (Å²) in [6.45, 7) is 1.62. The zero-order chi connectivity index (χ0) is 12.2. The Balaban J connectivity index is 1.74. The third-order valence-electron chi connectivity index (χ3n) is 2.83. The fourth-order valence-corrected chi connectivity index (χ4v) is 2.55. The summed E-state index contributed by atoms with van der Waals surface area (Å²) >= 11 is 1.67. The van der Waals surface area contributed by atoms with Gasteiger partial charge in [0.15, 0.2) is 0 Å². The minimum Gasteiger partial charge on any atom is -0.306 e. The van der Waals surface area contributed by atoms with Gasteiger partial charge in [-0.1, -0.05) is 24.3 Å². The summed E-state index contributed by atoms with van der Waals surface area (Å²) in [6, 6.07) is 8.33. The van der Waals surface area contributed by atoms with Gasteiger partial charge >= 0.3 is 0 Å². The minimum absolute atomic E-state index is 0.806. The van der Waals surface area contributed by atoms with Gasteiger partial charge in [0, 0.05) is 42.4 Å². The molecule has 0 saturated carbocycles. The van der Waals surface area contributed by atoms with E-state index in [2.05, 4.69) is 33.5 Å². The molecular formula is C14H13N3S. The van der Waals surface area contributed by atoms with Gasteiger partial charge in [0.2, 0.25) is 0 Å². The normalized spacial score (nSPS) is 10.9. The number of pyridine rings is 1. The molecule has 0 radical (unpaired) electrons. The van der Waals surface area contributed by atoms with Crippen molar-refractivity contribution in [2.24, 2.45) is 0 Å². The molecule has 4 heteroatoms. The van der Waals surface area contributed by atoms with E-state index in [1.54, 1.807) is 11.3 Å². The maximum atomic E-state index is 4.28. The molecule has 90 valence electrons. The van der Waals surface area contributed by atoms with Gasteiger partial charge in [0.05, 0.1) is 0 Å². The smallest absolute Gasteiger partial charge is 0.106 e. The molecule has 0 aliphatic rings. The van der Waals surface area contributed by atoms with Crippen molar-refractivity contribution in [1.29, 1.82) is 0 Å². The summed E-state index contributed by atoms with van der Waals surface area (Å²) in [5, 5.41) is 8.96. The zero-order valence-corrected chi connectivity index (χ0v) is 10.7. The molecule has 1 aromatic carbocycles. The van der Waals surface area contributed by atoms with Crippen molar-refractivity contribution in [2.75, 3.05) is 0 Å². The molecule has 3 nitrogen and oxygen atoms in total. The first-order valence-corrected chi connectivity index (χ1v) is 6.72. The van der Waals surface area contributed by atoms with E-state index >= 15 is 0 Å². The Kier molecular flexibility index (Phi) is 3.30. The second kappa shape index (κ2) is 5.25. The van der Waals surface area contributed by atoms with Crippen LogP contribution in [0.1, 0.15) is 10.6 Å². The van der Waals surface area contributed by atoms with Crippen LogP contribution in [0.5, 0.6) is 0 Å². The van der Waals surface area contributed by atoms with Gasteiger partial charge in [-0.2, -0.15) is 0 Å². The number of hydrogen-bond acceptors (Lipinski definition) is 4. The number of fused-ring (bicyclic) bond motifs is 1. The second-order valence-electron chi connectivity index (χ2n) is 4.05. The Morgan fingerprint density at radius 3 is 2.94 bits per heavy atom. The number of benzene rings is 1. The summed E-state index contributed by atoms with van der Waals surface area (Å²) < 4.78 is 0. The highest BCUT2D eigenvalue weighted by Crippen LogP contribution is 2.16. The molecular weight excluding hydrogens is 242 g/mol. The van der Waals surface area contributed by atoms with Crippen LogP contribution in [0, 0.1) is 0 Å². The van der Waals surface area contributed by atoms with E-state index in [0.29, 0.717) is 0 Å². The maximum Gasteiger partial charge on any atom is 0.106 e. The van der Waals surface area contributed by atoms with Crippen LogP contribution in [-0.2, 0) is 13.1 Å². The molecule has 0 amide bonds. The third kappa shape index (κ3) is 2.39. The van der Waals surface area contributed by atoms with Crippen molar-refractivity contribution >= 4 is 22.1 Å². The molecule has 0 spiro atoms. The van der Waals surface area contributed by atoms with E-state index < -0.39 is 0 Å². The lowest BCUT2D eigenvalue weighted by molar-refractivity contribution is 0.691. The van der Waals surface area contributed by atoms with Gasteiger partial charge < -0.3 is 5.32 Å². The van der Waals surface area contributed by atoms with Gasteiger partial charge in [-0.15, -0.1) is 11.3 Å². The van der Waals surface area contributed by atoms with Gasteiger partial charge in [0.25, 0.3) is 0 Å². The zero-order valence-electron chi connectivity index (χ0n) is 9.84. The summed E-state index contributed by atoms with van der Waals surface area (Å²) in [7, 11) is 0. The molecule has 0 aliphatic carbocycles. The number of hydrogen-bond donors (Lipinski definition) is 1. The lowest BCUT2D eigenvalue weighted by atomic mass is 10.1. The Bertz CT molecular complexity index is 629. The van der Waals surface area contributed by atoms with E-state index in [1.807, 2.05) is 30.0 Å². The van der Waals surface area contributed by atoms with Gasteiger partial charge in [-0.25, -0.2) is 4.98 Å². The standard InChI is InChI=1S/C14H13N3S/c1-2-4-13-11(3-1)7-15-8-12(13)9-16-10-14-17-5-6-18-14/h1-8,16H,9-10H2. The number of aromatic nitrogens is 2. The number of rotatable bonds is 4. The van der Waals surface area contributed by atoms with Crippen LogP contribution in [0.15, 0.2) is 48.2 Å². The largest absolute Gasteiger partial charge is 0.306 e. The average Bonchev–Trinajstić information content (AvgIpc) is 2.92. The molecule has 2 aromatic heterocycles. The van der Waals surface area contributed by atoms with E-state index in [4.69, 9.17) is 0 Å². The fourth-order valence-electron chi connectivity index (χ4n) is 1.96. The van der Waals surface area contributed by atoms with Crippen LogP contribution in [0.3, 0.4) is 0 Å². The number of nitrogens with zero attached hydrogens (tertiary/aromatic N) is 2. The molecule has 3 aromatic rings. The Morgan fingerprint density at radius 2 is 2.06 bits per heavy atom. The van der Waals surface area contributed by atoms with Gasteiger partial charge in [0.1, 0.15) is 5.01 Å². The first kappa shape index (κ1) is 11.3. The Morgan fingerprint density at radius 1 is 1.11 bits per heavy atom. The van der Waals surface area contributed by atoms with Crippen molar-refractivity contribution in [3.8, 4) is 0 Å². The van der Waals surface area contributed by atoms with Crippen molar-refractivity contribution < 1.29 is 0 Å². The monoisotopic (exact) mass is 255 g/mol. The van der Waals surface area contributed by atoms with Crippen molar-refractivity contribution in [3.63, 3.8) is 0 Å². The summed E-state index contributed by atoms with van der Waals surface area (Å²) in [6.07, 6.45) is 5.66. The SMILES string of the molecule is c1ccc2c(CNCc3nccs3)cncc2c1. The lowest BCUT2D eigenvalue weighted by Gasteiger charge is -2.06. The van der Waals surface area contributed by atoms with Gasteiger partial charge in [-0.3, -0.25) is 4.98 Å². The predicted molar refractivity (Wildman–Crippen MR) is 74.4 cm³/mol. The van der Waals surface area contributed by atoms with Crippen molar-refractivity contribution in [3.05, 3.63) is 58.8 Å². The molecule has 2 heterocycles. The Labute approximate surface area is 110 Å². The summed E-state index contributed by atoms with van der Waals surface area (Å²) in [4.78, 5) is 8.53. The van der Waals surface area contributed by atoms with Crippen LogP contribution < -0.4 is 5.32 Å². The molecule has 0 atom stereocenters. The quantitative estimate of drug-likeness (QED) is 0.779. The summed E-state index contributed by atoms with van der Waals surface area (Å²) in [5.41, 5.74) is 1.23. The molecule has 0 fully saturated rings. The van der Waals surface area contributed by atoms with Crippen LogP contribution in [-0.4, -0.2) is 9.97 Å². The van der Waals surface area contributed by atoms with Crippen LogP contribution in [0.4, 0.5) is 0 Å². The van der Waals surface area contributed by atoms with Crippen LogP contribution >= 0.6 is 11.3 Å². The van der Waals surface area contributed by atoms with E-state index in [0.717, 1.165) is 18.1 Å². The molecule has 3 rings (SSSR count). The van der Waals surface area contributed by atoms with E-state index in [-0.39, 0.29) is 0 Å². The van der Waals surface area contributed by atoms with Crippen molar-refractivity contribution in [2.45, 2.75) is 13.1 Å². The first-order chi connectivity index (χ1) is 8.93. The highest BCUT2D eigenvalue weighted by molar-refractivity contribution is 7.09. The maximum absolute atomic E-state index is 4.28. The molecule has 1 N–H and O–H groups in total. The lowest BCUT2D eigenvalue weighted by Crippen LogP contribution is -2.12. The molecule has 18 heavy (non-hydrogen) atoms. The number of nitrogens with one attached hydrogen (secondary N) is 1.